The smallest absolute Gasteiger partial charge is 0.254 e. The molecule has 0 spiro atoms. The zero-order chi connectivity index (χ0) is 18.5. The maximum absolute atomic E-state index is 13.7. The van der Waals surface area contributed by atoms with Crippen LogP contribution in [0.3, 0.4) is 0 Å². The van der Waals surface area contributed by atoms with E-state index in [2.05, 4.69) is 5.32 Å². The molecule has 1 N–H and O–H groups in total. The van der Waals surface area contributed by atoms with E-state index in [0.717, 1.165) is 17.7 Å². The van der Waals surface area contributed by atoms with Crippen molar-refractivity contribution in [2.45, 2.75) is 18.9 Å². The van der Waals surface area contributed by atoms with Crippen LogP contribution in [0.2, 0.25) is 0 Å². The Morgan fingerprint density at radius 3 is 2.65 bits per heavy atom. The molecule has 2 aromatic carbocycles. The molecule has 5 nitrogen and oxygen atoms in total. The molecule has 6 heteroatoms. The van der Waals surface area contributed by atoms with Crippen LogP contribution in [-0.4, -0.2) is 43.0 Å². The Morgan fingerprint density at radius 2 is 1.96 bits per heavy atom. The van der Waals surface area contributed by atoms with Crippen LogP contribution in [0, 0.1) is 5.82 Å². The van der Waals surface area contributed by atoms with Gasteiger partial charge >= 0.3 is 0 Å². The van der Waals surface area contributed by atoms with Gasteiger partial charge in [0, 0.05) is 19.5 Å². The number of halogens is 1. The molecule has 0 bridgehead atoms. The molecular weight excluding hydrogens is 335 g/mol. The average Bonchev–Trinajstić information content (AvgIpc) is 2.99. The molecule has 2 amide bonds. The fourth-order valence-corrected chi connectivity index (χ4v) is 3.05. The second kappa shape index (κ2) is 7.99. The van der Waals surface area contributed by atoms with Crippen LogP contribution < -0.4 is 10.1 Å². The Bertz CT molecular complexity index is 792. The average molecular weight is 356 g/mol. The van der Waals surface area contributed by atoms with E-state index in [-0.39, 0.29) is 23.9 Å². The maximum atomic E-state index is 13.7. The summed E-state index contributed by atoms with van der Waals surface area (Å²) in [5.41, 5.74) is 1.11. The molecule has 1 aliphatic heterocycles. The number of amides is 2. The first kappa shape index (κ1) is 17.9. The van der Waals surface area contributed by atoms with Gasteiger partial charge in [-0.25, -0.2) is 4.39 Å². The first-order valence-corrected chi connectivity index (χ1v) is 8.53. The number of hydrogen-bond donors (Lipinski definition) is 1. The molecule has 1 heterocycles. The fraction of sp³-hybridized carbons (Fsp3) is 0.300. The van der Waals surface area contributed by atoms with Crippen LogP contribution in [0.25, 0.3) is 0 Å². The Kier molecular flexibility index (Phi) is 5.51. The van der Waals surface area contributed by atoms with Gasteiger partial charge in [0.2, 0.25) is 5.91 Å². The van der Waals surface area contributed by atoms with Crippen molar-refractivity contribution in [1.82, 2.24) is 10.2 Å². The SMILES string of the molecule is COc1ccc(CCN2C[C@H](NC(=O)c3ccccc3F)CC2=O)cc1. The summed E-state index contributed by atoms with van der Waals surface area (Å²) in [5, 5.41) is 2.75. The second-order valence-electron chi connectivity index (χ2n) is 6.29. The topological polar surface area (TPSA) is 58.6 Å². The normalized spacial score (nSPS) is 16.6. The first-order valence-electron chi connectivity index (χ1n) is 8.53. The molecule has 1 saturated heterocycles. The third-order valence-electron chi connectivity index (χ3n) is 4.50. The lowest BCUT2D eigenvalue weighted by Crippen LogP contribution is -2.37. The van der Waals surface area contributed by atoms with Gasteiger partial charge in [0.05, 0.1) is 18.7 Å². The monoisotopic (exact) mass is 356 g/mol. The molecule has 3 rings (SSSR count). The van der Waals surface area contributed by atoms with Gasteiger partial charge in [0.1, 0.15) is 11.6 Å². The van der Waals surface area contributed by atoms with E-state index in [1.54, 1.807) is 18.1 Å². The second-order valence-corrected chi connectivity index (χ2v) is 6.29. The van der Waals surface area contributed by atoms with Crippen molar-refractivity contribution in [3.05, 3.63) is 65.5 Å². The van der Waals surface area contributed by atoms with Gasteiger partial charge in [0.25, 0.3) is 5.91 Å². The molecule has 0 radical (unpaired) electrons. The predicted octanol–water partition coefficient (Wildman–Crippen LogP) is 2.41. The van der Waals surface area contributed by atoms with Gasteiger partial charge < -0.3 is 15.0 Å². The van der Waals surface area contributed by atoms with Crippen LogP contribution >= 0.6 is 0 Å². The molecule has 0 aliphatic carbocycles. The lowest BCUT2D eigenvalue weighted by molar-refractivity contribution is -0.127. The number of likely N-dealkylation sites (tertiary alicyclic amines) is 1. The summed E-state index contributed by atoms with van der Waals surface area (Å²) in [4.78, 5) is 26.1. The molecule has 1 atom stereocenters. The highest BCUT2D eigenvalue weighted by atomic mass is 19.1. The Hall–Kier alpha value is -2.89. The van der Waals surface area contributed by atoms with E-state index in [4.69, 9.17) is 4.74 Å². The number of rotatable bonds is 6. The van der Waals surface area contributed by atoms with Crippen molar-refractivity contribution in [3.63, 3.8) is 0 Å². The summed E-state index contributed by atoms with van der Waals surface area (Å²) in [6.45, 7) is 1.02. The number of hydrogen-bond acceptors (Lipinski definition) is 3. The van der Waals surface area contributed by atoms with E-state index < -0.39 is 11.7 Å². The van der Waals surface area contributed by atoms with Crippen molar-refractivity contribution in [2.24, 2.45) is 0 Å². The van der Waals surface area contributed by atoms with E-state index in [0.29, 0.717) is 13.1 Å². The van der Waals surface area contributed by atoms with Gasteiger partial charge in [-0.2, -0.15) is 0 Å². The van der Waals surface area contributed by atoms with Crippen molar-refractivity contribution in [3.8, 4) is 5.75 Å². The quantitative estimate of drug-likeness (QED) is 0.865. The van der Waals surface area contributed by atoms with Crippen LogP contribution in [0.15, 0.2) is 48.5 Å². The van der Waals surface area contributed by atoms with E-state index >= 15 is 0 Å². The van der Waals surface area contributed by atoms with Gasteiger partial charge in [-0.05, 0) is 36.2 Å². The lowest BCUT2D eigenvalue weighted by Gasteiger charge is -2.17. The van der Waals surface area contributed by atoms with Crippen molar-refractivity contribution in [1.29, 1.82) is 0 Å². The highest BCUT2D eigenvalue weighted by Crippen LogP contribution is 2.16. The molecule has 1 aliphatic rings. The fourth-order valence-electron chi connectivity index (χ4n) is 3.05. The van der Waals surface area contributed by atoms with E-state index in [9.17, 15) is 14.0 Å². The highest BCUT2D eigenvalue weighted by molar-refractivity contribution is 5.95. The first-order chi connectivity index (χ1) is 12.6. The lowest BCUT2D eigenvalue weighted by atomic mass is 10.1. The number of ether oxygens (including phenoxy) is 1. The van der Waals surface area contributed by atoms with Gasteiger partial charge in [0.15, 0.2) is 0 Å². The van der Waals surface area contributed by atoms with Crippen molar-refractivity contribution < 1.29 is 18.7 Å². The largest absolute Gasteiger partial charge is 0.497 e. The predicted molar refractivity (Wildman–Crippen MR) is 95.5 cm³/mol. The molecule has 0 aromatic heterocycles. The highest BCUT2D eigenvalue weighted by Gasteiger charge is 2.30. The third kappa shape index (κ3) is 4.20. The molecule has 0 saturated carbocycles. The van der Waals surface area contributed by atoms with E-state index in [1.807, 2.05) is 24.3 Å². The Morgan fingerprint density at radius 1 is 1.23 bits per heavy atom. The Labute approximate surface area is 151 Å². The number of carbonyl (C=O) groups excluding carboxylic acids is 2. The summed E-state index contributed by atoms with van der Waals surface area (Å²) in [5.74, 6) is -0.261. The number of methoxy groups -OCH3 is 1. The molecule has 26 heavy (non-hydrogen) atoms. The summed E-state index contributed by atoms with van der Waals surface area (Å²) < 4.78 is 18.8. The molecule has 2 aromatic rings. The summed E-state index contributed by atoms with van der Waals surface area (Å²) in [7, 11) is 1.62. The molecule has 136 valence electrons. The van der Waals surface area contributed by atoms with E-state index in [1.165, 1.54) is 18.2 Å². The molecule has 1 fully saturated rings. The van der Waals surface area contributed by atoms with Gasteiger partial charge in [-0.15, -0.1) is 0 Å². The number of nitrogens with zero attached hydrogens (tertiary/aromatic N) is 1. The number of benzene rings is 2. The number of nitrogens with one attached hydrogen (secondary N) is 1. The minimum Gasteiger partial charge on any atom is -0.497 e. The summed E-state index contributed by atoms with van der Waals surface area (Å²) in [6.07, 6.45) is 0.965. The van der Waals surface area contributed by atoms with Crippen LogP contribution in [-0.2, 0) is 11.2 Å². The van der Waals surface area contributed by atoms with Crippen LogP contribution in [0.4, 0.5) is 4.39 Å². The third-order valence-corrected chi connectivity index (χ3v) is 4.50. The van der Waals surface area contributed by atoms with Gasteiger partial charge in [-0.3, -0.25) is 9.59 Å². The molecule has 0 unspecified atom stereocenters. The maximum Gasteiger partial charge on any atom is 0.254 e. The Balaban J connectivity index is 1.53. The minimum absolute atomic E-state index is 0.00246. The molecular formula is C20H21FN2O3. The van der Waals surface area contributed by atoms with Crippen molar-refractivity contribution >= 4 is 11.8 Å². The minimum atomic E-state index is -0.564. The summed E-state index contributed by atoms with van der Waals surface area (Å²) in [6, 6.07) is 13.2. The van der Waals surface area contributed by atoms with Crippen molar-refractivity contribution in [2.75, 3.05) is 20.2 Å². The number of carbonyl (C=O) groups is 2. The standard InChI is InChI=1S/C20H21FN2O3/c1-26-16-8-6-14(7-9-16)10-11-23-13-15(12-19(23)24)22-20(25)17-4-2-3-5-18(17)21/h2-9,15H,10-13H2,1H3,(H,22,25)/t15-/m1/s1. The van der Waals surface area contributed by atoms with Gasteiger partial charge in [-0.1, -0.05) is 24.3 Å². The van der Waals surface area contributed by atoms with Crippen LogP contribution in [0.5, 0.6) is 5.75 Å². The van der Waals surface area contributed by atoms with Crippen LogP contribution in [0.1, 0.15) is 22.3 Å². The summed E-state index contributed by atoms with van der Waals surface area (Å²) >= 11 is 0. The zero-order valence-electron chi connectivity index (χ0n) is 14.6. The zero-order valence-corrected chi connectivity index (χ0v) is 14.6.